The molecule has 0 bridgehead atoms. The lowest BCUT2D eigenvalue weighted by molar-refractivity contribution is 0.584. The highest BCUT2D eigenvalue weighted by atomic mass is 32.2. The van der Waals surface area contributed by atoms with Crippen LogP contribution in [0.5, 0.6) is 0 Å². The second kappa shape index (κ2) is 2.18. The van der Waals surface area contributed by atoms with Crippen molar-refractivity contribution < 1.29 is 4.21 Å². The molecule has 2 heteroatoms. The summed E-state index contributed by atoms with van der Waals surface area (Å²) in [5, 5.41) is 0.454. The van der Waals surface area contributed by atoms with Gasteiger partial charge in [-0.15, -0.1) is 0 Å². The van der Waals surface area contributed by atoms with E-state index in [-0.39, 0.29) is 0 Å². The molecule has 3 atom stereocenters. The maximum Gasteiger partial charge on any atom is 0.0345 e. The fourth-order valence-electron chi connectivity index (χ4n) is 0.982. The van der Waals surface area contributed by atoms with Crippen LogP contribution in [0.15, 0.2) is 0 Å². The minimum atomic E-state index is -0.498. The van der Waals surface area contributed by atoms with Gasteiger partial charge in [0, 0.05) is 21.8 Å². The zero-order valence-corrected chi connectivity index (χ0v) is 6.20. The van der Waals surface area contributed by atoms with Gasteiger partial charge < -0.3 is 0 Å². The Bertz CT molecular complexity index is 111. The third kappa shape index (κ3) is 0.943. The maximum absolute atomic E-state index is 10.9. The Morgan fingerprint density at radius 1 is 1.50 bits per heavy atom. The lowest BCUT2D eigenvalue weighted by Crippen LogP contribution is -2.09. The van der Waals surface area contributed by atoms with Crippen LogP contribution < -0.4 is 0 Å². The highest BCUT2D eigenvalue weighted by Crippen LogP contribution is 2.21. The summed E-state index contributed by atoms with van der Waals surface area (Å²) in [6.07, 6.45) is 1.16. The zero-order chi connectivity index (χ0) is 6.15. The maximum atomic E-state index is 10.9. The summed E-state index contributed by atoms with van der Waals surface area (Å²) in [5.41, 5.74) is 0. The van der Waals surface area contributed by atoms with Gasteiger partial charge in [-0.2, -0.15) is 0 Å². The average molecular weight is 132 g/mol. The molecule has 48 valence electrons. The molecule has 0 aromatic heterocycles. The van der Waals surface area contributed by atoms with Crippen molar-refractivity contribution >= 4 is 10.8 Å². The van der Waals surface area contributed by atoms with E-state index < -0.39 is 10.8 Å². The fraction of sp³-hybridized carbons (Fsp3) is 1.00. The molecule has 0 aromatic rings. The molecule has 1 aliphatic rings. The van der Waals surface area contributed by atoms with Crippen LogP contribution in [0, 0.1) is 5.92 Å². The molecule has 0 amide bonds. The summed E-state index contributed by atoms with van der Waals surface area (Å²) in [6, 6.07) is 0. The molecule has 0 aliphatic carbocycles. The third-order valence-corrected chi connectivity index (χ3v) is 3.92. The molecule has 0 radical (unpaired) electrons. The smallest absolute Gasteiger partial charge is 0.0345 e. The minimum Gasteiger partial charge on any atom is -0.259 e. The number of hydrogen-bond acceptors (Lipinski definition) is 1. The minimum absolute atomic E-state index is 0.454. The fourth-order valence-corrected chi connectivity index (χ4v) is 2.61. The molecule has 1 aliphatic heterocycles. The van der Waals surface area contributed by atoms with Crippen LogP contribution in [0.4, 0.5) is 0 Å². The highest BCUT2D eigenvalue weighted by molar-refractivity contribution is 7.85. The Balaban J connectivity index is 2.56. The molecule has 1 heterocycles. The van der Waals surface area contributed by atoms with Crippen LogP contribution in [0.1, 0.15) is 20.3 Å². The van der Waals surface area contributed by atoms with Gasteiger partial charge in [0.25, 0.3) is 0 Å². The summed E-state index contributed by atoms with van der Waals surface area (Å²) in [7, 11) is -0.498. The predicted octanol–water partition coefficient (Wildman–Crippen LogP) is 1.16. The molecule has 1 saturated heterocycles. The van der Waals surface area contributed by atoms with Crippen molar-refractivity contribution in [2.75, 3.05) is 5.75 Å². The van der Waals surface area contributed by atoms with E-state index in [0.29, 0.717) is 11.2 Å². The van der Waals surface area contributed by atoms with E-state index in [1.165, 1.54) is 0 Å². The average Bonchev–Trinajstić information content (AvgIpc) is 1.98. The predicted molar refractivity (Wildman–Crippen MR) is 36.3 cm³/mol. The molecule has 8 heavy (non-hydrogen) atoms. The standard InChI is InChI=1S/C6H12OS/c1-5-3-4-8(7)6(5)2/h5-6H,3-4H2,1-2H3. The second-order valence-electron chi connectivity index (χ2n) is 2.56. The van der Waals surface area contributed by atoms with E-state index in [4.69, 9.17) is 0 Å². The van der Waals surface area contributed by atoms with Crippen molar-refractivity contribution in [2.24, 2.45) is 5.92 Å². The molecular weight excluding hydrogens is 120 g/mol. The van der Waals surface area contributed by atoms with Crippen molar-refractivity contribution in [1.82, 2.24) is 0 Å². The Morgan fingerprint density at radius 2 is 2.12 bits per heavy atom. The first-order valence-corrected chi connectivity index (χ1v) is 4.47. The van der Waals surface area contributed by atoms with Gasteiger partial charge in [-0.05, 0) is 12.3 Å². The Kier molecular flexibility index (Phi) is 1.71. The SMILES string of the molecule is CC1CCS(=O)C1C. The lowest BCUT2D eigenvalue weighted by Gasteiger charge is -2.04. The molecule has 3 unspecified atom stereocenters. The Labute approximate surface area is 52.9 Å². The molecule has 0 spiro atoms. The molecule has 1 fully saturated rings. The van der Waals surface area contributed by atoms with Gasteiger partial charge in [0.05, 0.1) is 0 Å². The van der Waals surface area contributed by atoms with E-state index in [0.717, 1.165) is 12.2 Å². The highest BCUT2D eigenvalue weighted by Gasteiger charge is 2.25. The van der Waals surface area contributed by atoms with Gasteiger partial charge >= 0.3 is 0 Å². The molecule has 1 nitrogen and oxygen atoms in total. The second-order valence-corrected chi connectivity index (χ2v) is 4.47. The van der Waals surface area contributed by atoms with Crippen LogP contribution in [0.25, 0.3) is 0 Å². The van der Waals surface area contributed by atoms with Crippen LogP contribution in [-0.4, -0.2) is 15.2 Å². The first-order valence-electron chi connectivity index (χ1n) is 3.09. The Morgan fingerprint density at radius 3 is 2.25 bits per heavy atom. The topological polar surface area (TPSA) is 17.1 Å². The van der Waals surface area contributed by atoms with Crippen LogP contribution >= 0.6 is 0 Å². The van der Waals surface area contributed by atoms with Gasteiger partial charge in [0.1, 0.15) is 0 Å². The molecule has 0 saturated carbocycles. The number of rotatable bonds is 0. The van der Waals surface area contributed by atoms with E-state index >= 15 is 0 Å². The van der Waals surface area contributed by atoms with Crippen molar-refractivity contribution in [3.8, 4) is 0 Å². The van der Waals surface area contributed by atoms with Crippen molar-refractivity contribution in [2.45, 2.75) is 25.5 Å². The summed E-state index contributed by atoms with van der Waals surface area (Å²) < 4.78 is 10.9. The van der Waals surface area contributed by atoms with Crippen molar-refractivity contribution in [1.29, 1.82) is 0 Å². The third-order valence-electron chi connectivity index (χ3n) is 1.99. The van der Waals surface area contributed by atoms with Gasteiger partial charge in [-0.25, -0.2) is 0 Å². The molecule has 0 N–H and O–H groups in total. The first-order chi connectivity index (χ1) is 3.72. The van der Waals surface area contributed by atoms with Crippen LogP contribution in [0.3, 0.4) is 0 Å². The quantitative estimate of drug-likeness (QED) is 0.483. The van der Waals surface area contributed by atoms with Gasteiger partial charge in [0.2, 0.25) is 0 Å². The first kappa shape index (κ1) is 6.27. The summed E-state index contributed by atoms with van der Waals surface area (Å²) in [6.45, 7) is 4.25. The van der Waals surface area contributed by atoms with E-state index in [1.54, 1.807) is 0 Å². The Hall–Kier alpha value is 0.150. The van der Waals surface area contributed by atoms with Crippen LogP contribution in [0.2, 0.25) is 0 Å². The molecule has 1 rings (SSSR count). The van der Waals surface area contributed by atoms with Crippen LogP contribution in [-0.2, 0) is 10.8 Å². The summed E-state index contributed by atoms with van der Waals surface area (Å²) >= 11 is 0. The molecule has 0 aromatic carbocycles. The molecular formula is C6H12OS. The summed E-state index contributed by atoms with van der Waals surface area (Å²) in [5.74, 6) is 1.62. The van der Waals surface area contributed by atoms with Crippen molar-refractivity contribution in [3.05, 3.63) is 0 Å². The monoisotopic (exact) mass is 132 g/mol. The van der Waals surface area contributed by atoms with E-state index in [2.05, 4.69) is 13.8 Å². The normalized spacial score (nSPS) is 47.5. The largest absolute Gasteiger partial charge is 0.259 e. The lowest BCUT2D eigenvalue weighted by atomic mass is 10.1. The van der Waals surface area contributed by atoms with E-state index in [1.807, 2.05) is 0 Å². The number of hydrogen-bond donors (Lipinski definition) is 0. The van der Waals surface area contributed by atoms with Gasteiger partial charge in [-0.3, -0.25) is 4.21 Å². The zero-order valence-electron chi connectivity index (χ0n) is 5.39. The van der Waals surface area contributed by atoms with Gasteiger partial charge in [-0.1, -0.05) is 13.8 Å². The van der Waals surface area contributed by atoms with Crippen molar-refractivity contribution in [3.63, 3.8) is 0 Å². The van der Waals surface area contributed by atoms with Gasteiger partial charge in [0.15, 0.2) is 0 Å². The van der Waals surface area contributed by atoms with E-state index in [9.17, 15) is 4.21 Å². The summed E-state index contributed by atoms with van der Waals surface area (Å²) in [4.78, 5) is 0.